The highest BCUT2D eigenvalue weighted by Crippen LogP contribution is 2.37. The van der Waals surface area contributed by atoms with E-state index in [0.717, 1.165) is 18.0 Å². The molecule has 1 aromatic heterocycles. The summed E-state index contributed by atoms with van der Waals surface area (Å²) in [5.74, 6) is 0.150. The lowest BCUT2D eigenvalue weighted by Gasteiger charge is -2.07. The van der Waals surface area contributed by atoms with Crippen LogP contribution in [0.2, 0.25) is 0 Å². The Labute approximate surface area is 161 Å². The average molecular weight is 378 g/mol. The summed E-state index contributed by atoms with van der Waals surface area (Å²) in [6, 6.07) is 16.4. The van der Waals surface area contributed by atoms with Gasteiger partial charge in [0.1, 0.15) is 6.33 Å². The van der Waals surface area contributed by atoms with Crippen molar-refractivity contribution in [3.63, 3.8) is 0 Å². The third kappa shape index (κ3) is 4.25. The second-order valence-corrected chi connectivity index (χ2v) is 7.30. The van der Waals surface area contributed by atoms with Crippen LogP contribution in [0.4, 0.5) is 5.69 Å². The van der Waals surface area contributed by atoms with Crippen molar-refractivity contribution in [1.29, 1.82) is 0 Å². The number of anilines is 1. The molecule has 0 atom stereocenters. The number of nitrogens with zero attached hydrogens (tertiary/aromatic N) is 3. The number of carbonyl (C=O) groups is 2. The monoisotopic (exact) mass is 378 g/mol. The number of thioether (sulfide) groups is 1. The number of hydrogen-bond donors (Lipinski definition) is 1. The van der Waals surface area contributed by atoms with Crippen LogP contribution in [0.25, 0.3) is 0 Å². The van der Waals surface area contributed by atoms with Crippen molar-refractivity contribution in [2.75, 3.05) is 11.1 Å². The van der Waals surface area contributed by atoms with Gasteiger partial charge in [0.05, 0.1) is 5.75 Å². The zero-order chi connectivity index (χ0) is 18.6. The Morgan fingerprint density at radius 3 is 2.48 bits per heavy atom. The fourth-order valence-electron chi connectivity index (χ4n) is 2.68. The molecule has 0 aliphatic heterocycles. The minimum absolute atomic E-state index is 0.0197. The van der Waals surface area contributed by atoms with Gasteiger partial charge in [-0.2, -0.15) is 0 Å². The molecule has 136 valence electrons. The summed E-state index contributed by atoms with van der Waals surface area (Å²) in [6.45, 7) is 0. The summed E-state index contributed by atoms with van der Waals surface area (Å²) < 4.78 is 2.04. The molecular weight excluding hydrogens is 360 g/mol. The van der Waals surface area contributed by atoms with Gasteiger partial charge in [0.25, 0.3) is 5.91 Å². The number of rotatable bonds is 7. The van der Waals surface area contributed by atoms with E-state index >= 15 is 0 Å². The van der Waals surface area contributed by atoms with Gasteiger partial charge in [-0.3, -0.25) is 9.59 Å². The van der Waals surface area contributed by atoms with E-state index in [9.17, 15) is 9.59 Å². The number of amides is 1. The minimum Gasteiger partial charge on any atom is -0.322 e. The molecule has 1 amide bonds. The van der Waals surface area contributed by atoms with Crippen LogP contribution in [0.15, 0.2) is 66.1 Å². The van der Waals surface area contributed by atoms with E-state index in [1.54, 1.807) is 42.7 Å². The number of hydrogen-bond acceptors (Lipinski definition) is 5. The molecule has 1 fully saturated rings. The van der Waals surface area contributed by atoms with Crippen LogP contribution in [-0.4, -0.2) is 32.2 Å². The zero-order valence-electron chi connectivity index (χ0n) is 14.5. The van der Waals surface area contributed by atoms with Crippen LogP contribution in [-0.2, 0) is 0 Å². The summed E-state index contributed by atoms with van der Waals surface area (Å²) in [6.07, 6.45) is 4.03. The molecule has 1 aliphatic carbocycles. The van der Waals surface area contributed by atoms with E-state index in [1.165, 1.54) is 11.8 Å². The molecule has 0 spiro atoms. The predicted molar refractivity (Wildman–Crippen MR) is 104 cm³/mol. The first kappa shape index (κ1) is 17.5. The Morgan fingerprint density at radius 1 is 1.04 bits per heavy atom. The van der Waals surface area contributed by atoms with Crippen LogP contribution in [0.5, 0.6) is 0 Å². The number of aromatic nitrogens is 3. The molecule has 1 N–H and O–H groups in total. The molecule has 1 saturated carbocycles. The molecular formula is C20H18N4O2S. The van der Waals surface area contributed by atoms with E-state index < -0.39 is 0 Å². The Balaban J connectivity index is 1.34. The molecule has 1 heterocycles. The van der Waals surface area contributed by atoms with E-state index in [4.69, 9.17) is 0 Å². The Kier molecular flexibility index (Phi) is 5.02. The SMILES string of the molecule is O=C(CSc1nncn1C1CC1)c1ccc(NC(=O)c2ccccc2)cc1. The van der Waals surface area contributed by atoms with E-state index in [1.807, 2.05) is 22.8 Å². The molecule has 1 aliphatic rings. The third-order valence-electron chi connectivity index (χ3n) is 4.31. The van der Waals surface area contributed by atoms with Gasteiger partial charge in [-0.05, 0) is 49.2 Å². The maximum atomic E-state index is 12.4. The second kappa shape index (κ2) is 7.75. The highest BCUT2D eigenvalue weighted by molar-refractivity contribution is 7.99. The van der Waals surface area contributed by atoms with Crippen molar-refractivity contribution in [2.45, 2.75) is 24.0 Å². The van der Waals surface area contributed by atoms with Gasteiger partial charge >= 0.3 is 0 Å². The number of nitrogens with one attached hydrogen (secondary N) is 1. The van der Waals surface area contributed by atoms with Gasteiger partial charge in [-0.1, -0.05) is 30.0 Å². The van der Waals surface area contributed by atoms with Crippen LogP contribution >= 0.6 is 11.8 Å². The maximum Gasteiger partial charge on any atom is 0.255 e. The molecule has 7 heteroatoms. The minimum atomic E-state index is -0.176. The molecule has 3 aromatic rings. The lowest BCUT2D eigenvalue weighted by molar-refractivity contribution is 0.101. The molecule has 0 bridgehead atoms. The summed E-state index contributed by atoms with van der Waals surface area (Å²) in [4.78, 5) is 24.6. The van der Waals surface area contributed by atoms with Gasteiger partial charge < -0.3 is 9.88 Å². The molecule has 27 heavy (non-hydrogen) atoms. The molecule has 0 saturated heterocycles. The first-order valence-corrected chi connectivity index (χ1v) is 9.71. The lowest BCUT2D eigenvalue weighted by atomic mass is 10.1. The fraction of sp³-hybridized carbons (Fsp3) is 0.200. The lowest BCUT2D eigenvalue weighted by Crippen LogP contribution is -2.12. The van der Waals surface area contributed by atoms with E-state index in [0.29, 0.717) is 28.6 Å². The maximum absolute atomic E-state index is 12.4. The zero-order valence-corrected chi connectivity index (χ0v) is 15.4. The fourth-order valence-corrected chi connectivity index (χ4v) is 3.56. The van der Waals surface area contributed by atoms with E-state index in [-0.39, 0.29) is 11.7 Å². The summed E-state index contributed by atoms with van der Waals surface area (Å²) in [5, 5.41) is 11.7. The third-order valence-corrected chi connectivity index (χ3v) is 5.27. The topological polar surface area (TPSA) is 76.9 Å². The van der Waals surface area contributed by atoms with Crippen LogP contribution in [0, 0.1) is 0 Å². The number of Topliss-reactive ketones (excluding diaryl/α,β-unsaturated/α-hetero) is 1. The van der Waals surface area contributed by atoms with Gasteiger partial charge in [0.15, 0.2) is 10.9 Å². The van der Waals surface area contributed by atoms with Crippen molar-refractivity contribution < 1.29 is 9.59 Å². The predicted octanol–water partition coefficient (Wildman–Crippen LogP) is 3.84. The first-order chi connectivity index (χ1) is 13.2. The second-order valence-electron chi connectivity index (χ2n) is 6.36. The summed E-state index contributed by atoms with van der Waals surface area (Å²) >= 11 is 1.41. The molecule has 0 unspecified atom stereocenters. The number of carbonyl (C=O) groups excluding carboxylic acids is 2. The number of ketones is 1. The Hall–Kier alpha value is -2.93. The first-order valence-electron chi connectivity index (χ1n) is 8.72. The van der Waals surface area contributed by atoms with Crippen molar-refractivity contribution in [2.24, 2.45) is 0 Å². The normalized spacial score (nSPS) is 13.3. The van der Waals surface area contributed by atoms with Gasteiger partial charge in [0, 0.05) is 22.9 Å². The Bertz CT molecular complexity index is 950. The van der Waals surface area contributed by atoms with Gasteiger partial charge in [-0.25, -0.2) is 0 Å². The van der Waals surface area contributed by atoms with Crippen molar-refractivity contribution in [3.05, 3.63) is 72.1 Å². The van der Waals surface area contributed by atoms with Crippen molar-refractivity contribution in [3.8, 4) is 0 Å². The van der Waals surface area contributed by atoms with Crippen LogP contribution in [0.1, 0.15) is 39.6 Å². The average Bonchev–Trinajstić information content (AvgIpc) is 3.45. The van der Waals surface area contributed by atoms with Crippen LogP contribution < -0.4 is 5.32 Å². The van der Waals surface area contributed by atoms with Crippen molar-refractivity contribution >= 4 is 29.1 Å². The largest absolute Gasteiger partial charge is 0.322 e. The summed E-state index contributed by atoms with van der Waals surface area (Å²) in [7, 11) is 0. The molecule has 0 radical (unpaired) electrons. The standard InChI is InChI=1S/C20H18N4O2S/c25-18(12-27-20-23-21-13-24(20)17-10-11-17)14-6-8-16(9-7-14)22-19(26)15-4-2-1-3-5-15/h1-9,13,17H,10-12H2,(H,22,26). The highest BCUT2D eigenvalue weighted by atomic mass is 32.2. The van der Waals surface area contributed by atoms with Crippen molar-refractivity contribution in [1.82, 2.24) is 14.8 Å². The smallest absolute Gasteiger partial charge is 0.255 e. The van der Waals surface area contributed by atoms with Crippen LogP contribution in [0.3, 0.4) is 0 Å². The Morgan fingerprint density at radius 2 is 1.78 bits per heavy atom. The quantitative estimate of drug-likeness (QED) is 0.499. The molecule has 4 rings (SSSR count). The summed E-state index contributed by atoms with van der Waals surface area (Å²) in [5.41, 5.74) is 1.85. The molecule has 6 nitrogen and oxygen atoms in total. The number of benzene rings is 2. The highest BCUT2D eigenvalue weighted by Gasteiger charge is 2.26. The van der Waals surface area contributed by atoms with Gasteiger partial charge in [-0.15, -0.1) is 10.2 Å². The van der Waals surface area contributed by atoms with E-state index in [2.05, 4.69) is 15.5 Å². The van der Waals surface area contributed by atoms with Gasteiger partial charge in [0.2, 0.25) is 0 Å². The molecule has 2 aromatic carbocycles.